The van der Waals surface area contributed by atoms with Crippen molar-refractivity contribution < 1.29 is 23.9 Å². The van der Waals surface area contributed by atoms with Crippen LogP contribution < -0.4 is 5.73 Å². The molecule has 1 aromatic rings. The van der Waals surface area contributed by atoms with Crippen LogP contribution in [0.25, 0.3) is 0 Å². The Morgan fingerprint density at radius 1 is 1.05 bits per heavy atom. The van der Waals surface area contributed by atoms with Crippen molar-refractivity contribution in [2.75, 3.05) is 13.6 Å². The summed E-state index contributed by atoms with van der Waals surface area (Å²) in [6.07, 6.45) is 8.36. The van der Waals surface area contributed by atoms with Crippen LogP contribution in [-0.2, 0) is 25.5 Å². The van der Waals surface area contributed by atoms with Gasteiger partial charge < -0.3 is 20.3 Å². The van der Waals surface area contributed by atoms with Crippen molar-refractivity contribution >= 4 is 23.6 Å². The zero-order valence-electron chi connectivity index (χ0n) is 26.3. The van der Waals surface area contributed by atoms with Gasteiger partial charge in [-0.3, -0.25) is 14.4 Å². The summed E-state index contributed by atoms with van der Waals surface area (Å²) in [6.45, 7) is 7.38. The summed E-state index contributed by atoms with van der Waals surface area (Å²) in [4.78, 5) is 57.4. The number of Topliss-reactive ketones (excluding diaryl/α,β-unsaturated/α-hetero) is 2. The van der Waals surface area contributed by atoms with E-state index in [1.165, 1.54) is 16.0 Å². The zero-order valence-corrected chi connectivity index (χ0v) is 26.3. The lowest BCUT2D eigenvalue weighted by molar-refractivity contribution is -0.145. The average Bonchev–Trinajstić information content (AvgIpc) is 3.36. The molecule has 232 valence electrons. The van der Waals surface area contributed by atoms with E-state index in [-0.39, 0.29) is 41.8 Å². The number of hydrogen-bond acceptors (Lipinski definition) is 6. The average molecular weight is 582 g/mol. The number of likely N-dealkylation sites (tertiary alicyclic amines) is 1. The Morgan fingerprint density at radius 3 is 2.43 bits per heavy atom. The fourth-order valence-electron chi connectivity index (χ4n) is 7.16. The van der Waals surface area contributed by atoms with Crippen LogP contribution in [0, 0.1) is 11.8 Å². The molecule has 5 atom stereocenters. The van der Waals surface area contributed by atoms with Gasteiger partial charge in [0.25, 0.3) is 0 Å². The number of aryl methyl sites for hydroxylation is 1. The van der Waals surface area contributed by atoms with Gasteiger partial charge >= 0.3 is 6.09 Å². The van der Waals surface area contributed by atoms with Crippen LogP contribution in [0.5, 0.6) is 0 Å². The highest BCUT2D eigenvalue weighted by Crippen LogP contribution is 2.38. The van der Waals surface area contributed by atoms with E-state index in [0.717, 1.165) is 51.4 Å². The predicted octanol–water partition coefficient (Wildman–Crippen LogP) is 5.41. The minimum absolute atomic E-state index is 0.0421. The number of benzene rings is 1. The molecule has 2 aliphatic carbocycles. The quantitative estimate of drug-likeness (QED) is 0.418. The first-order valence-corrected chi connectivity index (χ1v) is 16.0. The number of fused-ring (bicyclic) bond motifs is 1. The van der Waals surface area contributed by atoms with Crippen molar-refractivity contribution in [3.63, 3.8) is 0 Å². The molecular formula is C34H51N3O5. The first-order chi connectivity index (χ1) is 19.9. The molecule has 2 fully saturated rings. The summed E-state index contributed by atoms with van der Waals surface area (Å²) < 4.78 is 5.47. The van der Waals surface area contributed by atoms with Crippen LogP contribution in [0.2, 0.25) is 0 Å². The number of nitrogens with zero attached hydrogens (tertiary/aromatic N) is 2. The van der Waals surface area contributed by atoms with E-state index < -0.39 is 29.7 Å². The van der Waals surface area contributed by atoms with Crippen LogP contribution in [0.4, 0.5) is 4.79 Å². The summed E-state index contributed by atoms with van der Waals surface area (Å²) >= 11 is 0. The van der Waals surface area contributed by atoms with Gasteiger partial charge in [0.2, 0.25) is 5.91 Å². The van der Waals surface area contributed by atoms with Gasteiger partial charge in [0.05, 0.1) is 12.1 Å². The summed E-state index contributed by atoms with van der Waals surface area (Å²) in [7, 11) is 1.56. The number of nitrogens with two attached hydrogens (primary N) is 1. The first kappa shape index (κ1) is 32.2. The van der Waals surface area contributed by atoms with Crippen molar-refractivity contribution in [2.45, 2.75) is 128 Å². The lowest BCUT2D eigenvalue weighted by atomic mass is 9.76. The fraction of sp³-hybridized carbons (Fsp3) is 0.706. The molecule has 0 spiro atoms. The molecule has 0 aromatic heterocycles. The molecule has 1 heterocycles. The van der Waals surface area contributed by atoms with Crippen molar-refractivity contribution in [2.24, 2.45) is 17.6 Å². The van der Waals surface area contributed by atoms with Gasteiger partial charge in [-0.25, -0.2) is 4.79 Å². The maximum absolute atomic E-state index is 14.3. The Hall–Kier alpha value is -2.74. The topological polar surface area (TPSA) is 110 Å². The number of carbonyl (C=O) groups is 4. The molecule has 0 unspecified atom stereocenters. The number of hydrogen-bond donors (Lipinski definition) is 1. The Bertz CT molecular complexity index is 1140. The first-order valence-electron chi connectivity index (χ1n) is 16.0. The molecule has 8 nitrogen and oxygen atoms in total. The minimum Gasteiger partial charge on any atom is -0.444 e. The molecule has 2 amide bonds. The molecule has 1 aliphatic heterocycles. The lowest BCUT2D eigenvalue weighted by Crippen LogP contribution is -2.48. The van der Waals surface area contributed by atoms with Crippen molar-refractivity contribution in [3.05, 3.63) is 35.4 Å². The number of carbonyl (C=O) groups excluding carboxylic acids is 4. The summed E-state index contributed by atoms with van der Waals surface area (Å²) in [6, 6.07) is 6.83. The molecule has 0 radical (unpaired) electrons. The van der Waals surface area contributed by atoms with Gasteiger partial charge in [-0.05, 0) is 89.2 Å². The number of rotatable bonds is 9. The molecule has 0 bridgehead atoms. The molecule has 1 saturated carbocycles. The number of likely N-dealkylation sites (N-methyl/N-ethyl adjacent to an activating group) is 1. The Kier molecular flexibility index (Phi) is 10.5. The smallest absolute Gasteiger partial charge is 0.410 e. The second-order valence-corrected chi connectivity index (χ2v) is 13.9. The third kappa shape index (κ3) is 7.80. The van der Waals surface area contributed by atoms with Gasteiger partial charge in [-0.2, -0.15) is 0 Å². The van der Waals surface area contributed by atoms with Crippen LogP contribution in [0.3, 0.4) is 0 Å². The molecule has 2 N–H and O–H groups in total. The van der Waals surface area contributed by atoms with E-state index in [1.54, 1.807) is 39.6 Å². The van der Waals surface area contributed by atoms with Crippen molar-refractivity contribution in [1.82, 2.24) is 9.80 Å². The largest absolute Gasteiger partial charge is 0.444 e. The fourth-order valence-corrected chi connectivity index (χ4v) is 7.16. The molecular weight excluding hydrogens is 530 g/mol. The molecule has 3 aliphatic rings. The standard InChI is InChI=1S/C34H51N3O5/c1-22(36(5)33(41)42-34(2,3)4)30(38)20-28(24-12-7-6-8-13-24)32(40)37-21-26(35)19-29(37)31(39)18-25-16-11-15-23-14-9-10-17-27(23)25/h9-10,14,17,22,24-26,28-29H,6-8,11-13,15-16,18-21,35H2,1-5H3/t22-,25-,26-,28-,29-/m0/s1. The SMILES string of the molecule is C[C@@H](C(=O)C[C@H](C(=O)N1C[C@@H](N)C[C@H]1C(=O)C[C@@H]1CCCc2ccccc21)C1CCCCC1)N(C)C(=O)OC(C)(C)C. The van der Waals surface area contributed by atoms with Crippen LogP contribution in [0.1, 0.15) is 109 Å². The minimum atomic E-state index is -0.733. The number of amides is 2. The second-order valence-electron chi connectivity index (χ2n) is 13.9. The third-order valence-electron chi connectivity index (χ3n) is 9.61. The van der Waals surface area contributed by atoms with E-state index in [9.17, 15) is 19.2 Å². The summed E-state index contributed by atoms with van der Waals surface area (Å²) in [5.41, 5.74) is 8.28. The van der Waals surface area contributed by atoms with Crippen molar-refractivity contribution in [1.29, 1.82) is 0 Å². The van der Waals surface area contributed by atoms with Crippen LogP contribution >= 0.6 is 0 Å². The highest BCUT2D eigenvalue weighted by Gasteiger charge is 2.44. The molecule has 4 rings (SSSR count). The lowest BCUT2D eigenvalue weighted by Gasteiger charge is -2.35. The van der Waals surface area contributed by atoms with Gasteiger partial charge in [0, 0.05) is 38.4 Å². The van der Waals surface area contributed by atoms with Gasteiger partial charge in [-0.15, -0.1) is 0 Å². The molecule has 1 saturated heterocycles. The highest BCUT2D eigenvalue weighted by atomic mass is 16.6. The maximum Gasteiger partial charge on any atom is 0.410 e. The maximum atomic E-state index is 14.3. The second kappa shape index (κ2) is 13.7. The van der Waals surface area contributed by atoms with E-state index >= 15 is 0 Å². The van der Waals surface area contributed by atoms with Gasteiger partial charge in [0.15, 0.2) is 11.6 Å². The number of ketones is 2. The predicted molar refractivity (Wildman–Crippen MR) is 163 cm³/mol. The van der Waals surface area contributed by atoms with E-state index in [4.69, 9.17) is 10.5 Å². The number of ether oxygens (including phenoxy) is 1. The Balaban J connectivity index is 1.50. The Morgan fingerprint density at radius 2 is 1.74 bits per heavy atom. The van der Waals surface area contributed by atoms with E-state index in [1.807, 2.05) is 6.07 Å². The van der Waals surface area contributed by atoms with Gasteiger partial charge in [0.1, 0.15) is 5.60 Å². The van der Waals surface area contributed by atoms with Gasteiger partial charge in [-0.1, -0.05) is 43.5 Å². The van der Waals surface area contributed by atoms with Crippen molar-refractivity contribution in [3.8, 4) is 0 Å². The zero-order chi connectivity index (χ0) is 30.6. The monoisotopic (exact) mass is 581 g/mol. The van der Waals surface area contributed by atoms with E-state index in [0.29, 0.717) is 19.4 Å². The third-order valence-corrected chi connectivity index (χ3v) is 9.61. The Labute approximate surface area is 251 Å². The van der Waals surface area contributed by atoms with E-state index in [2.05, 4.69) is 18.2 Å². The molecule has 42 heavy (non-hydrogen) atoms. The van der Waals surface area contributed by atoms with Crippen LogP contribution in [0.15, 0.2) is 24.3 Å². The molecule has 1 aromatic carbocycles. The van der Waals surface area contributed by atoms with Crippen LogP contribution in [-0.4, -0.2) is 70.7 Å². The summed E-state index contributed by atoms with van der Waals surface area (Å²) in [5, 5.41) is 0. The summed E-state index contributed by atoms with van der Waals surface area (Å²) in [5.74, 6) is -0.508. The molecule has 8 heteroatoms. The highest BCUT2D eigenvalue weighted by molar-refractivity contribution is 5.94. The normalized spacial score (nSPS) is 24.4.